The van der Waals surface area contributed by atoms with Crippen LogP contribution in [-0.4, -0.2) is 51.3 Å². The molecule has 0 bridgehead atoms. The lowest BCUT2D eigenvalue weighted by molar-refractivity contribution is -0.141. The van der Waals surface area contributed by atoms with E-state index in [-0.39, 0.29) is 12.1 Å². The van der Waals surface area contributed by atoms with E-state index in [1.165, 1.54) is 0 Å². The number of amides is 2. The second-order valence-electron chi connectivity index (χ2n) is 8.45. The Morgan fingerprint density at radius 2 is 1.41 bits per heavy atom. The molecule has 0 fully saturated rings. The first-order valence-corrected chi connectivity index (χ1v) is 10.7. The number of fused-ring (bicyclic) bond motifs is 9. The Hall–Kier alpha value is -4.21. The molecule has 0 radical (unpaired) electrons. The van der Waals surface area contributed by atoms with Gasteiger partial charge in [0.15, 0.2) is 0 Å². The van der Waals surface area contributed by atoms with Crippen LogP contribution in [0.4, 0.5) is 0 Å². The van der Waals surface area contributed by atoms with Crippen molar-refractivity contribution in [2.75, 3.05) is 14.2 Å². The summed E-state index contributed by atoms with van der Waals surface area (Å²) in [6.07, 6.45) is 0. The summed E-state index contributed by atoms with van der Waals surface area (Å²) in [5, 5.41) is 13.5. The molecule has 3 N–H and O–H groups in total. The van der Waals surface area contributed by atoms with E-state index in [2.05, 4.69) is 4.74 Å². The van der Waals surface area contributed by atoms with Crippen LogP contribution in [0.2, 0.25) is 0 Å². The van der Waals surface area contributed by atoms with Crippen LogP contribution in [-0.2, 0) is 16.1 Å². The summed E-state index contributed by atoms with van der Waals surface area (Å²) in [6.45, 7) is 0.216. The van der Waals surface area contributed by atoms with Gasteiger partial charge in [-0.05, 0) is 12.1 Å². The van der Waals surface area contributed by atoms with Crippen LogP contribution in [0, 0.1) is 0 Å². The predicted octanol–water partition coefficient (Wildman–Crippen LogP) is 3.27. The van der Waals surface area contributed by atoms with Gasteiger partial charge in [-0.15, -0.1) is 0 Å². The van der Waals surface area contributed by atoms with Crippen molar-refractivity contribution in [2.45, 2.75) is 12.6 Å². The molecule has 0 unspecified atom stereocenters. The Kier molecular flexibility index (Phi) is 4.14. The zero-order valence-corrected chi connectivity index (χ0v) is 18.4. The molecule has 4 heterocycles. The molecule has 7 rings (SSSR count). The minimum absolute atomic E-state index is 0.216. The van der Waals surface area contributed by atoms with E-state index in [0.717, 1.165) is 21.8 Å². The van der Waals surface area contributed by atoms with Gasteiger partial charge in [-0.3, -0.25) is 9.59 Å². The molecule has 34 heavy (non-hydrogen) atoms. The van der Waals surface area contributed by atoms with Crippen molar-refractivity contribution in [3.8, 4) is 0 Å². The number of hydrogen-bond donors (Lipinski definition) is 2. The molecule has 0 saturated carbocycles. The standard InChI is InChI=1S/C23H14N4O4.C2H6O/c24-27-21(28)17-15-10-5-1-3-7-12(10)25-9-14(23(30)31)26-13-8-4-2-6-11(13)16(18(17)22(27)29)20(26)19(15)25;1-3-2/h1-8,14H,9,24H2,(H,30,31);1-2H3/t14-;/m0./s1. The summed E-state index contributed by atoms with van der Waals surface area (Å²) >= 11 is 0. The van der Waals surface area contributed by atoms with E-state index in [1.807, 2.05) is 53.1 Å². The van der Waals surface area contributed by atoms with Gasteiger partial charge >= 0.3 is 5.97 Å². The zero-order valence-electron chi connectivity index (χ0n) is 18.4. The lowest BCUT2D eigenvalue weighted by Crippen LogP contribution is -2.36. The van der Waals surface area contributed by atoms with Gasteiger partial charge in [-0.1, -0.05) is 36.4 Å². The number of aliphatic carboxylic acids is 1. The predicted molar refractivity (Wildman–Crippen MR) is 127 cm³/mol. The Bertz CT molecular complexity index is 1730. The highest BCUT2D eigenvalue weighted by atomic mass is 16.4. The molecule has 170 valence electrons. The molecule has 2 aliphatic heterocycles. The number of hydrogen-bond acceptors (Lipinski definition) is 5. The number of rotatable bonds is 1. The number of carbonyl (C=O) groups excluding carboxylic acids is 2. The van der Waals surface area contributed by atoms with Crippen molar-refractivity contribution in [3.05, 3.63) is 59.7 Å². The molecule has 0 spiro atoms. The number of carbonyl (C=O) groups is 3. The van der Waals surface area contributed by atoms with E-state index in [1.54, 1.807) is 18.8 Å². The maximum Gasteiger partial charge on any atom is 0.328 e. The zero-order chi connectivity index (χ0) is 23.9. The minimum Gasteiger partial charge on any atom is -0.480 e. The first-order valence-electron chi connectivity index (χ1n) is 10.7. The van der Waals surface area contributed by atoms with Gasteiger partial charge in [0.1, 0.15) is 6.04 Å². The first-order chi connectivity index (χ1) is 16.4. The average molecular weight is 456 g/mol. The van der Waals surface area contributed by atoms with E-state index in [4.69, 9.17) is 5.84 Å². The van der Waals surface area contributed by atoms with Crippen molar-refractivity contribution < 1.29 is 24.2 Å². The molecule has 0 aliphatic carbocycles. The minimum atomic E-state index is -0.956. The highest BCUT2D eigenvalue weighted by Crippen LogP contribution is 2.48. The van der Waals surface area contributed by atoms with Gasteiger partial charge in [0.05, 0.1) is 34.2 Å². The molecular weight excluding hydrogens is 436 g/mol. The summed E-state index contributed by atoms with van der Waals surface area (Å²) in [4.78, 5) is 38.6. The number of imide groups is 1. The van der Waals surface area contributed by atoms with E-state index in [0.29, 0.717) is 32.4 Å². The number of aromatic nitrogens is 2. The van der Waals surface area contributed by atoms with Crippen LogP contribution < -0.4 is 5.84 Å². The van der Waals surface area contributed by atoms with E-state index < -0.39 is 23.8 Å². The van der Waals surface area contributed by atoms with Crippen LogP contribution in [0.15, 0.2) is 48.5 Å². The lowest BCUT2D eigenvalue weighted by Gasteiger charge is -2.24. The van der Waals surface area contributed by atoms with Crippen LogP contribution in [0.25, 0.3) is 43.6 Å². The maximum atomic E-state index is 13.1. The molecular formula is C25H20N4O5. The Balaban J connectivity index is 0.000000691. The third-order valence-electron chi connectivity index (χ3n) is 6.67. The van der Waals surface area contributed by atoms with Crippen LogP contribution in [0.1, 0.15) is 26.8 Å². The molecule has 2 amide bonds. The maximum absolute atomic E-state index is 13.1. The summed E-state index contributed by atoms with van der Waals surface area (Å²) < 4.78 is 8.01. The second-order valence-corrected chi connectivity index (χ2v) is 8.45. The number of carboxylic acid groups (broad SMARTS) is 1. The van der Waals surface area contributed by atoms with Crippen molar-refractivity contribution >= 4 is 61.4 Å². The molecule has 9 nitrogen and oxygen atoms in total. The van der Waals surface area contributed by atoms with Gasteiger partial charge < -0.3 is 19.0 Å². The SMILES string of the molecule is COC.NN1C(=O)c2c(c3c4ccccc4n4c3c3c2c2ccccc2n3C[C@H]4C(=O)O)C1=O. The number of benzene rings is 3. The molecule has 9 heteroatoms. The fourth-order valence-corrected chi connectivity index (χ4v) is 5.52. The van der Waals surface area contributed by atoms with Gasteiger partial charge in [0, 0.05) is 41.3 Å². The van der Waals surface area contributed by atoms with Gasteiger partial charge in [-0.2, -0.15) is 0 Å². The lowest BCUT2D eigenvalue weighted by atomic mass is 9.96. The van der Waals surface area contributed by atoms with E-state index >= 15 is 0 Å². The quantitative estimate of drug-likeness (QED) is 0.227. The molecule has 2 aliphatic rings. The number of ether oxygens (including phenoxy) is 1. The van der Waals surface area contributed by atoms with Crippen molar-refractivity contribution in [2.24, 2.45) is 5.84 Å². The fraction of sp³-hybridized carbons (Fsp3) is 0.160. The number of hydrazine groups is 1. The van der Waals surface area contributed by atoms with Crippen LogP contribution >= 0.6 is 0 Å². The third-order valence-corrected chi connectivity index (χ3v) is 6.67. The molecule has 0 saturated heterocycles. The summed E-state index contributed by atoms with van der Waals surface area (Å²) in [7, 11) is 3.25. The Morgan fingerprint density at radius 3 is 2.00 bits per heavy atom. The number of nitrogens with zero attached hydrogens (tertiary/aromatic N) is 3. The number of para-hydroxylation sites is 2. The smallest absolute Gasteiger partial charge is 0.328 e. The summed E-state index contributed by atoms with van der Waals surface area (Å²) in [5.41, 5.74) is 3.50. The average Bonchev–Trinajstić information content (AvgIpc) is 3.42. The van der Waals surface area contributed by atoms with Crippen LogP contribution in [0.3, 0.4) is 0 Å². The number of nitrogens with two attached hydrogens (primary N) is 1. The van der Waals surface area contributed by atoms with Gasteiger partial charge in [0.25, 0.3) is 11.8 Å². The van der Waals surface area contributed by atoms with Crippen molar-refractivity contribution in [1.82, 2.24) is 14.1 Å². The van der Waals surface area contributed by atoms with Gasteiger partial charge in [-0.25, -0.2) is 15.6 Å². The Labute approximate surface area is 192 Å². The second kappa shape index (κ2) is 6.89. The highest BCUT2D eigenvalue weighted by molar-refractivity contribution is 6.39. The number of carboxylic acids is 1. The normalized spacial score (nSPS) is 16.7. The summed E-state index contributed by atoms with van der Waals surface area (Å²) in [6, 6.07) is 14.1. The molecule has 5 aromatic rings. The molecule has 1 atom stereocenters. The fourth-order valence-electron chi connectivity index (χ4n) is 5.52. The van der Waals surface area contributed by atoms with Crippen molar-refractivity contribution in [1.29, 1.82) is 0 Å². The van der Waals surface area contributed by atoms with Crippen molar-refractivity contribution in [3.63, 3.8) is 0 Å². The van der Waals surface area contributed by atoms with Crippen LogP contribution in [0.5, 0.6) is 0 Å². The first kappa shape index (κ1) is 20.4. The third kappa shape index (κ3) is 2.27. The molecule has 3 aromatic carbocycles. The Morgan fingerprint density at radius 1 is 0.912 bits per heavy atom. The number of methoxy groups -OCH3 is 1. The largest absolute Gasteiger partial charge is 0.480 e. The highest BCUT2D eigenvalue weighted by Gasteiger charge is 2.43. The summed E-state index contributed by atoms with van der Waals surface area (Å²) in [5.74, 6) is 3.81. The topological polar surface area (TPSA) is 120 Å². The van der Waals surface area contributed by atoms with E-state index in [9.17, 15) is 19.5 Å². The van der Waals surface area contributed by atoms with Gasteiger partial charge in [0.2, 0.25) is 0 Å². The molecule has 2 aromatic heterocycles. The monoisotopic (exact) mass is 456 g/mol.